The number of amides is 1. The van der Waals surface area contributed by atoms with Crippen molar-refractivity contribution in [2.75, 3.05) is 44.3 Å². The smallest absolute Gasteiger partial charge is 0.223 e. The van der Waals surface area contributed by atoms with Crippen LogP contribution in [-0.4, -0.2) is 62.4 Å². The fourth-order valence-corrected chi connectivity index (χ4v) is 4.50. The van der Waals surface area contributed by atoms with Crippen LogP contribution >= 0.6 is 0 Å². The average Bonchev–Trinajstić information content (AvgIpc) is 3.08. The number of carbonyl (C=O) groups is 1. The summed E-state index contributed by atoms with van der Waals surface area (Å²) in [6.07, 6.45) is 6.09. The second-order valence-electron chi connectivity index (χ2n) is 7.81. The first-order valence-corrected chi connectivity index (χ1v) is 10.0. The first-order valence-electron chi connectivity index (χ1n) is 10.0. The van der Waals surface area contributed by atoms with Crippen molar-refractivity contribution in [1.82, 2.24) is 4.90 Å². The number of morpholine rings is 1. The molecule has 4 rings (SSSR count). The van der Waals surface area contributed by atoms with Gasteiger partial charge in [0, 0.05) is 38.8 Å². The lowest BCUT2D eigenvalue weighted by atomic mass is 9.96. The maximum atomic E-state index is 11.8. The maximum Gasteiger partial charge on any atom is 0.223 e. The zero-order valence-electron chi connectivity index (χ0n) is 15.8. The first-order chi connectivity index (χ1) is 12.7. The minimum Gasteiger partial charge on any atom is -0.379 e. The van der Waals surface area contributed by atoms with Crippen LogP contribution in [0.4, 0.5) is 5.69 Å². The van der Waals surface area contributed by atoms with E-state index in [9.17, 15) is 4.79 Å². The van der Waals surface area contributed by atoms with E-state index >= 15 is 0 Å². The van der Waals surface area contributed by atoms with Crippen LogP contribution in [0, 0.1) is 0 Å². The standard InChI is InChI=1S/C21H30N2O3/c1-16(24)23-8-2-3-18-13-17(4-7-21(18)23)14-19-5-6-20(26-19)15-22-9-11-25-12-10-22/h4,7,13,19-20H,2-3,5-6,8-12,14-15H2,1H3/t19-,20+/m0/s1. The third kappa shape index (κ3) is 4.11. The quantitative estimate of drug-likeness (QED) is 0.829. The minimum absolute atomic E-state index is 0.142. The third-order valence-electron chi connectivity index (χ3n) is 5.87. The molecule has 1 amide bonds. The van der Waals surface area contributed by atoms with Gasteiger partial charge in [-0.3, -0.25) is 9.69 Å². The molecule has 0 unspecified atom stereocenters. The van der Waals surface area contributed by atoms with Crippen LogP contribution in [0.2, 0.25) is 0 Å². The lowest BCUT2D eigenvalue weighted by molar-refractivity contribution is -0.116. The molecule has 0 N–H and O–H groups in total. The summed E-state index contributed by atoms with van der Waals surface area (Å²) in [5.74, 6) is 0.142. The zero-order valence-corrected chi connectivity index (χ0v) is 15.8. The highest BCUT2D eigenvalue weighted by Gasteiger charge is 2.28. The molecule has 0 saturated carbocycles. The molecule has 0 radical (unpaired) electrons. The van der Waals surface area contributed by atoms with Gasteiger partial charge in [-0.25, -0.2) is 0 Å². The normalized spacial score (nSPS) is 26.7. The second-order valence-corrected chi connectivity index (χ2v) is 7.81. The van der Waals surface area contributed by atoms with E-state index < -0.39 is 0 Å². The molecular weight excluding hydrogens is 328 g/mol. The summed E-state index contributed by atoms with van der Waals surface area (Å²) in [5, 5.41) is 0. The van der Waals surface area contributed by atoms with Crippen molar-refractivity contribution < 1.29 is 14.3 Å². The number of hydrogen-bond donors (Lipinski definition) is 0. The van der Waals surface area contributed by atoms with Crippen LogP contribution < -0.4 is 4.90 Å². The largest absolute Gasteiger partial charge is 0.379 e. The zero-order chi connectivity index (χ0) is 17.9. The van der Waals surface area contributed by atoms with Crippen LogP contribution in [-0.2, 0) is 27.1 Å². The van der Waals surface area contributed by atoms with E-state index in [2.05, 4.69) is 23.1 Å². The summed E-state index contributed by atoms with van der Waals surface area (Å²) in [4.78, 5) is 16.2. The highest BCUT2D eigenvalue weighted by Crippen LogP contribution is 2.30. The molecule has 3 heterocycles. The van der Waals surface area contributed by atoms with Crippen molar-refractivity contribution in [3.63, 3.8) is 0 Å². The minimum atomic E-state index is 0.142. The van der Waals surface area contributed by atoms with E-state index in [1.165, 1.54) is 11.1 Å². The SMILES string of the molecule is CC(=O)N1CCCc2cc(C[C@@H]3CC[C@H](CN4CCOCC4)O3)ccc21. The molecular formula is C21H30N2O3. The summed E-state index contributed by atoms with van der Waals surface area (Å²) in [6, 6.07) is 6.60. The van der Waals surface area contributed by atoms with Gasteiger partial charge in [0.1, 0.15) is 0 Å². The molecule has 1 aromatic carbocycles. The number of hydrogen-bond acceptors (Lipinski definition) is 4. The Morgan fingerprint density at radius 1 is 1.15 bits per heavy atom. The fourth-order valence-electron chi connectivity index (χ4n) is 4.50. The van der Waals surface area contributed by atoms with Gasteiger partial charge in [-0.05, 0) is 49.3 Å². The molecule has 2 atom stereocenters. The average molecular weight is 358 g/mol. The van der Waals surface area contributed by atoms with Crippen molar-refractivity contribution in [3.8, 4) is 0 Å². The lowest BCUT2D eigenvalue weighted by Gasteiger charge is -2.29. The molecule has 5 nitrogen and oxygen atoms in total. The summed E-state index contributed by atoms with van der Waals surface area (Å²) < 4.78 is 11.7. The Kier molecular flexibility index (Phi) is 5.57. The molecule has 1 aromatic rings. The first kappa shape index (κ1) is 18.0. The summed E-state index contributed by atoms with van der Waals surface area (Å²) in [6.45, 7) is 7.30. The monoisotopic (exact) mass is 358 g/mol. The number of fused-ring (bicyclic) bond motifs is 1. The highest BCUT2D eigenvalue weighted by atomic mass is 16.5. The molecule has 0 aromatic heterocycles. The molecule has 3 aliphatic heterocycles. The van der Waals surface area contributed by atoms with E-state index in [1.54, 1.807) is 6.92 Å². The molecule has 0 bridgehead atoms. The van der Waals surface area contributed by atoms with Gasteiger partial charge in [-0.15, -0.1) is 0 Å². The van der Waals surface area contributed by atoms with Gasteiger partial charge in [0.15, 0.2) is 0 Å². The predicted octanol–water partition coefficient (Wildman–Crippen LogP) is 2.41. The fraction of sp³-hybridized carbons (Fsp3) is 0.667. The van der Waals surface area contributed by atoms with Gasteiger partial charge >= 0.3 is 0 Å². The van der Waals surface area contributed by atoms with Gasteiger partial charge in [0.05, 0.1) is 25.4 Å². The van der Waals surface area contributed by atoms with Crippen LogP contribution in [0.3, 0.4) is 0 Å². The molecule has 0 spiro atoms. The van der Waals surface area contributed by atoms with Crippen molar-refractivity contribution in [3.05, 3.63) is 29.3 Å². The Hall–Kier alpha value is -1.43. The molecule has 5 heteroatoms. The topological polar surface area (TPSA) is 42.0 Å². The van der Waals surface area contributed by atoms with Gasteiger partial charge in [-0.1, -0.05) is 12.1 Å². The van der Waals surface area contributed by atoms with E-state index in [-0.39, 0.29) is 5.91 Å². The number of aryl methyl sites for hydroxylation is 1. The number of anilines is 1. The number of ether oxygens (including phenoxy) is 2. The lowest BCUT2D eigenvalue weighted by Crippen LogP contribution is -2.41. The number of benzene rings is 1. The van der Waals surface area contributed by atoms with E-state index in [1.807, 2.05) is 4.90 Å². The summed E-state index contributed by atoms with van der Waals surface area (Å²) in [7, 11) is 0. The molecule has 26 heavy (non-hydrogen) atoms. The van der Waals surface area contributed by atoms with Gasteiger partial charge < -0.3 is 14.4 Å². The van der Waals surface area contributed by atoms with Crippen molar-refractivity contribution in [1.29, 1.82) is 0 Å². The van der Waals surface area contributed by atoms with Gasteiger partial charge in [0.2, 0.25) is 5.91 Å². The molecule has 142 valence electrons. The molecule has 0 aliphatic carbocycles. The Morgan fingerprint density at radius 3 is 2.77 bits per heavy atom. The van der Waals surface area contributed by atoms with Crippen molar-refractivity contribution >= 4 is 11.6 Å². The van der Waals surface area contributed by atoms with Gasteiger partial charge in [0.25, 0.3) is 0 Å². The second kappa shape index (κ2) is 8.07. The van der Waals surface area contributed by atoms with Crippen LogP contribution in [0.25, 0.3) is 0 Å². The van der Waals surface area contributed by atoms with Gasteiger partial charge in [-0.2, -0.15) is 0 Å². The molecule has 2 saturated heterocycles. The van der Waals surface area contributed by atoms with E-state index in [4.69, 9.17) is 9.47 Å². The Morgan fingerprint density at radius 2 is 1.96 bits per heavy atom. The third-order valence-corrected chi connectivity index (χ3v) is 5.87. The Labute approximate surface area is 156 Å². The van der Waals surface area contributed by atoms with E-state index in [0.29, 0.717) is 12.2 Å². The number of nitrogens with zero attached hydrogens (tertiary/aromatic N) is 2. The Bertz CT molecular complexity index is 642. The number of rotatable bonds is 4. The van der Waals surface area contributed by atoms with Crippen molar-refractivity contribution in [2.24, 2.45) is 0 Å². The summed E-state index contributed by atoms with van der Waals surface area (Å²) in [5.41, 5.74) is 3.75. The molecule has 3 aliphatic rings. The predicted molar refractivity (Wildman–Crippen MR) is 102 cm³/mol. The van der Waals surface area contributed by atoms with Crippen LogP contribution in [0.1, 0.15) is 37.3 Å². The van der Waals surface area contributed by atoms with E-state index in [0.717, 1.165) is 77.2 Å². The summed E-state index contributed by atoms with van der Waals surface area (Å²) >= 11 is 0. The Balaban J connectivity index is 1.34. The maximum absolute atomic E-state index is 11.8. The number of carbonyl (C=O) groups excluding carboxylic acids is 1. The van der Waals surface area contributed by atoms with Crippen molar-refractivity contribution in [2.45, 2.75) is 51.2 Å². The van der Waals surface area contributed by atoms with Crippen LogP contribution in [0.5, 0.6) is 0 Å². The highest BCUT2D eigenvalue weighted by molar-refractivity contribution is 5.92. The van der Waals surface area contributed by atoms with Crippen LogP contribution in [0.15, 0.2) is 18.2 Å². The molecule has 2 fully saturated rings.